The Kier molecular flexibility index (Phi) is 8.05. The molecule has 33 heavy (non-hydrogen) atoms. The highest BCUT2D eigenvalue weighted by Gasteiger charge is 2.21. The van der Waals surface area contributed by atoms with E-state index >= 15 is 0 Å². The van der Waals surface area contributed by atoms with Gasteiger partial charge in [0.05, 0.1) is 7.11 Å². The molecule has 0 heterocycles. The fourth-order valence-corrected chi connectivity index (χ4v) is 3.47. The fraction of sp³-hybridized carbons (Fsp3) is 0.231. The molecular weight excluding hydrogens is 416 g/mol. The Bertz CT molecular complexity index is 1110. The third kappa shape index (κ3) is 6.57. The zero-order valence-electron chi connectivity index (χ0n) is 19.1. The number of nitrogens with two attached hydrogens (primary N) is 1. The number of carbonyl (C=O) groups excluding carboxylic acids is 2. The van der Waals surface area contributed by atoms with E-state index in [4.69, 9.17) is 10.5 Å². The van der Waals surface area contributed by atoms with Gasteiger partial charge in [-0.15, -0.1) is 0 Å². The summed E-state index contributed by atoms with van der Waals surface area (Å²) in [5.41, 5.74) is 10.8. The standard InChI is InChI=1S/C26H30N4O3/c1-17-7-10-21(14-24(17)33-3)25(30-22-11-8-19(15-27)9-12-22)26(32)28-16-20-5-4-6-23(13-20)29-18(2)31/h4-14,25,30H,15-16,27H2,1-3H3,(H,28,32)(H,29,31). The van der Waals surface area contributed by atoms with Crippen LogP contribution in [0.2, 0.25) is 0 Å². The maximum atomic E-state index is 13.3. The normalized spacial score (nSPS) is 11.4. The van der Waals surface area contributed by atoms with Gasteiger partial charge < -0.3 is 26.4 Å². The monoisotopic (exact) mass is 446 g/mol. The molecule has 0 aliphatic carbocycles. The van der Waals surface area contributed by atoms with E-state index in [2.05, 4.69) is 16.0 Å². The second-order valence-electron chi connectivity index (χ2n) is 7.81. The van der Waals surface area contributed by atoms with Gasteiger partial charge >= 0.3 is 0 Å². The molecule has 1 atom stereocenters. The number of rotatable bonds is 9. The number of hydrogen-bond acceptors (Lipinski definition) is 5. The molecule has 0 saturated heterocycles. The van der Waals surface area contributed by atoms with E-state index in [-0.39, 0.29) is 11.8 Å². The molecule has 7 heteroatoms. The molecule has 7 nitrogen and oxygen atoms in total. The van der Waals surface area contributed by atoms with E-state index in [0.29, 0.717) is 24.5 Å². The van der Waals surface area contributed by atoms with Crippen LogP contribution in [0.15, 0.2) is 66.7 Å². The Morgan fingerprint density at radius 3 is 2.39 bits per heavy atom. The SMILES string of the molecule is COc1cc(C(Nc2ccc(CN)cc2)C(=O)NCc2cccc(NC(C)=O)c2)ccc1C. The van der Waals surface area contributed by atoms with Crippen molar-refractivity contribution in [1.29, 1.82) is 0 Å². The first-order valence-electron chi connectivity index (χ1n) is 10.7. The van der Waals surface area contributed by atoms with Gasteiger partial charge in [0.25, 0.3) is 0 Å². The fourth-order valence-electron chi connectivity index (χ4n) is 3.47. The van der Waals surface area contributed by atoms with E-state index in [9.17, 15) is 9.59 Å². The van der Waals surface area contributed by atoms with Gasteiger partial charge in [0.1, 0.15) is 11.8 Å². The van der Waals surface area contributed by atoms with E-state index in [1.165, 1.54) is 6.92 Å². The largest absolute Gasteiger partial charge is 0.496 e. The van der Waals surface area contributed by atoms with Crippen LogP contribution in [0.4, 0.5) is 11.4 Å². The van der Waals surface area contributed by atoms with Crippen molar-refractivity contribution >= 4 is 23.2 Å². The highest BCUT2D eigenvalue weighted by molar-refractivity contribution is 5.89. The first kappa shape index (κ1) is 23.8. The predicted molar refractivity (Wildman–Crippen MR) is 131 cm³/mol. The van der Waals surface area contributed by atoms with Gasteiger partial charge in [-0.25, -0.2) is 0 Å². The molecule has 3 rings (SSSR count). The molecule has 1 unspecified atom stereocenters. The van der Waals surface area contributed by atoms with Crippen LogP contribution in [-0.2, 0) is 22.7 Å². The van der Waals surface area contributed by atoms with Gasteiger partial charge in [-0.2, -0.15) is 0 Å². The molecule has 0 bridgehead atoms. The van der Waals surface area contributed by atoms with Crippen molar-refractivity contribution in [3.8, 4) is 5.75 Å². The Hall–Kier alpha value is -3.84. The number of anilines is 2. The van der Waals surface area contributed by atoms with E-state index in [1.54, 1.807) is 13.2 Å². The zero-order valence-corrected chi connectivity index (χ0v) is 19.1. The van der Waals surface area contributed by atoms with Gasteiger partial charge in [0.2, 0.25) is 11.8 Å². The number of ether oxygens (including phenoxy) is 1. The number of benzene rings is 3. The average molecular weight is 447 g/mol. The maximum absolute atomic E-state index is 13.3. The molecule has 0 saturated carbocycles. The first-order chi connectivity index (χ1) is 15.9. The second kappa shape index (κ2) is 11.2. The molecule has 0 aliphatic rings. The molecule has 0 fully saturated rings. The van der Waals surface area contributed by atoms with Gasteiger partial charge in [-0.1, -0.05) is 36.4 Å². The molecule has 0 spiro atoms. The van der Waals surface area contributed by atoms with Gasteiger partial charge in [0, 0.05) is 31.4 Å². The van der Waals surface area contributed by atoms with E-state index < -0.39 is 6.04 Å². The van der Waals surface area contributed by atoms with Crippen molar-refractivity contribution in [3.63, 3.8) is 0 Å². The lowest BCUT2D eigenvalue weighted by Crippen LogP contribution is -2.33. The highest BCUT2D eigenvalue weighted by atomic mass is 16.5. The van der Waals surface area contributed by atoms with Crippen LogP contribution in [0.25, 0.3) is 0 Å². The topological polar surface area (TPSA) is 105 Å². The van der Waals surface area contributed by atoms with Gasteiger partial charge in [-0.3, -0.25) is 9.59 Å². The van der Waals surface area contributed by atoms with Crippen LogP contribution in [0.1, 0.15) is 35.2 Å². The second-order valence-corrected chi connectivity index (χ2v) is 7.81. The van der Waals surface area contributed by atoms with Crippen LogP contribution >= 0.6 is 0 Å². The first-order valence-corrected chi connectivity index (χ1v) is 10.7. The lowest BCUT2D eigenvalue weighted by Gasteiger charge is -2.21. The summed E-state index contributed by atoms with van der Waals surface area (Å²) in [6.45, 7) is 4.19. The molecular formula is C26H30N4O3. The Balaban J connectivity index is 1.81. The summed E-state index contributed by atoms with van der Waals surface area (Å²) in [6, 6.07) is 20.1. The number of hydrogen-bond donors (Lipinski definition) is 4. The van der Waals surface area contributed by atoms with Crippen LogP contribution < -0.4 is 26.4 Å². The zero-order chi connectivity index (χ0) is 23.8. The van der Waals surface area contributed by atoms with Crippen molar-refractivity contribution in [2.24, 2.45) is 5.73 Å². The van der Waals surface area contributed by atoms with E-state index in [1.807, 2.05) is 67.6 Å². The summed E-state index contributed by atoms with van der Waals surface area (Å²) >= 11 is 0. The Morgan fingerprint density at radius 1 is 0.970 bits per heavy atom. The predicted octanol–water partition coefficient (Wildman–Crippen LogP) is 3.89. The maximum Gasteiger partial charge on any atom is 0.247 e. The molecule has 0 aliphatic heterocycles. The van der Waals surface area contributed by atoms with Crippen molar-refractivity contribution in [2.45, 2.75) is 33.0 Å². The van der Waals surface area contributed by atoms with Crippen LogP contribution in [0.5, 0.6) is 5.75 Å². The smallest absolute Gasteiger partial charge is 0.247 e. The number of methoxy groups -OCH3 is 1. The summed E-state index contributed by atoms with van der Waals surface area (Å²) in [6.07, 6.45) is 0. The summed E-state index contributed by atoms with van der Waals surface area (Å²) in [7, 11) is 1.61. The van der Waals surface area contributed by atoms with Crippen LogP contribution in [0.3, 0.4) is 0 Å². The van der Waals surface area contributed by atoms with Gasteiger partial charge in [0.15, 0.2) is 0 Å². The number of amides is 2. The average Bonchev–Trinajstić information content (AvgIpc) is 2.81. The minimum atomic E-state index is -0.637. The lowest BCUT2D eigenvalue weighted by molar-refractivity contribution is -0.122. The Morgan fingerprint density at radius 2 is 1.73 bits per heavy atom. The molecule has 3 aromatic carbocycles. The third-order valence-electron chi connectivity index (χ3n) is 5.24. The Labute approximate surface area is 194 Å². The highest BCUT2D eigenvalue weighted by Crippen LogP contribution is 2.26. The number of carbonyl (C=O) groups is 2. The minimum Gasteiger partial charge on any atom is -0.496 e. The summed E-state index contributed by atoms with van der Waals surface area (Å²) < 4.78 is 5.46. The minimum absolute atomic E-state index is 0.144. The summed E-state index contributed by atoms with van der Waals surface area (Å²) in [4.78, 5) is 24.6. The molecule has 0 radical (unpaired) electrons. The van der Waals surface area contributed by atoms with E-state index in [0.717, 1.165) is 27.9 Å². The molecule has 2 amide bonds. The lowest BCUT2D eigenvalue weighted by atomic mass is 10.0. The van der Waals surface area contributed by atoms with Crippen molar-refractivity contribution in [3.05, 3.63) is 89.0 Å². The van der Waals surface area contributed by atoms with Gasteiger partial charge in [-0.05, 0) is 59.5 Å². The summed E-state index contributed by atoms with van der Waals surface area (Å²) in [5.74, 6) is 0.386. The molecule has 172 valence electrons. The summed E-state index contributed by atoms with van der Waals surface area (Å²) in [5, 5.41) is 9.08. The quantitative estimate of drug-likeness (QED) is 0.399. The molecule has 5 N–H and O–H groups in total. The third-order valence-corrected chi connectivity index (χ3v) is 5.24. The molecule has 3 aromatic rings. The van der Waals surface area contributed by atoms with Crippen molar-refractivity contribution in [1.82, 2.24) is 5.32 Å². The number of nitrogens with one attached hydrogen (secondary N) is 3. The van der Waals surface area contributed by atoms with Crippen molar-refractivity contribution in [2.75, 3.05) is 17.7 Å². The molecule has 0 aromatic heterocycles. The van der Waals surface area contributed by atoms with Crippen molar-refractivity contribution < 1.29 is 14.3 Å². The van der Waals surface area contributed by atoms with Crippen LogP contribution in [0, 0.1) is 6.92 Å². The van der Waals surface area contributed by atoms with Crippen LogP contribution in [-0.4, -0.2) is 18.9 Å². The number of aryl methyl sites for hydroxylation is 1.